The second-order valence-corrected chi connectivity index (χ2v) is 5.25. The van der Waals surface area contributed by atoms with Gasteiger partial charge in [0.15, 0.2) is 0 Å². The fraction of sp³-hybridized carbons (Fsp3) is 1.00. The SMILES string of the molecule is CCCCCC(C)CC(CC)CCCC. The zero-order valence-electron chi connectivity index (χ0n) is 11.5. The monoisotopic (exact) mass is 212 g/mol. The molecule has 2 atom stereocenters. The summed E-state index contributed by atoms with van der Waals surface area (Å²) in [5.74, 6) is 1.96. The zero-order chi connectivity index (χ0) is 11.5. The van der Waals surface area contributed by atoms with Gasteiger partial charge >= 0.3 is 0 Å². The van der Waals surface area contributed by atoms with Crippen LogP contribution in [0.4, 0.5) is 0 Å². The highest BCUT2D eigenvalue weighted by molar-refractivity contribution is 4.63. The third-order valence-electron chi connectivity index (χ3n) is 3.58. The normalized spacial score (nSPS) is 15.2. The summed E-state index contributed by atoms with van der Waals surface area (Å²) in [4.78, 5) is 0. The molecule has 0 aliphatic carbocycles. The molecule has 15 heavy (non-hydrogen) atoms. The van der Waals surface area contributed by atoms with Gasteiger partial charge in [0, 0.05) is 0 Å². The second-order valence-electron chi connectivity index (χ2n) is 5.25. The fourth-order valence-electron chi connectivity index (χ4n) is 2.41. The molecule has 0 fully saturated rings. The summed E-state index contributed by atoms with van der Waals surface area (Å²) >= 11 is 0. The zero-order valence-corrected chi connectivity index (χ0v) is 11.5. The molecule has 0 N–H and O–H groups in total. The summed E-state index contributed by atoms with van der Waals surface area (Å²) in [5, 5.41) is 0. The molecule has 0 aromatic carbocycles. The summed E-state index contributed by atoms with van der Waals surface area (Å²) in [5.41, 5.74) is 0. The van der Waals surface area contributed by atoms with Crippen LogP contribution >= 0.6 is 0 Å². The van der Waals surface area contributed by atoms with E-state index >= 15 is 0 Å². The van der Waals surface area contributed by atoms with E-state index in [1.165, 1.54) is 57.8 Å². The molecule has 0 bridgehead atoms. The largest absolute Gasteiger partial charge is 0.0654 e. The van der Waals surface area contributed by atoms with Gasteiger partial charge in [-0.25, -0.2) is 0 Å². The van der Waals surface area contributed by atoms with Crippen LogP contribution < -0.4 is 0 Å². The van der Waals surface area contributed by atoms with Crippen LogP contribution in [0.25, 0.3) is 0 Å². The Morgan fingerprint density at radius 1 is 0.800 bits per heavy atom. The van der Waals surface area contributed by atoms with Crippen molar-refractivity contribution in [2.24, 2.45) is 11.8 Å². The van der Waals surface area contributed by atoms with Crippen LogP contribution in [0.15, 0.2) is 0 Å². The van der Waals surface area contributed by atoms with E-state index in [1.54, 1.807) is 0 Å². The predicted octanol–water partition coefficient (Wildman–Crippen LogP) is 5.81. The average molecular weight is 212 g/mol. The first kappa shape index (κ1) is 15.0. The molecular formula is C15H32. The van der Waals surface area contributed by atoms with Gasteiger partial charge in [0.1, 0.15) is 0 Å². The van der Waals surface area contributed by atoms with Crippen molar-refractivity contribution in [2.45, 2.75) is 85.5 Å². The van der Waals surface area contributed by atoms with Crippen molar-refractivity contribution in [3.8, 4) is 0 Å². The van der Waals surface area contributed by atoms with E-state index in [2.05, 4.69) is 27.7 Å². The van der Waals surface area contributed by atoms with E-state index in [1.807, 2.05) is 0 Å². The van der Waals surface area contributed by atoms with Crippen molar-refractivity contribution in [3.63, 3.8) is 0 Å². The van der Waals surface area contributed by atoms with Crippen LogP contribution in [0.1, 0.15) is 85.5 Å². The smallest absolute Gasteiger partial charge is 0.0414 e. The first-order chi connectivity index (χ1) is 7.24. The van der Waals surface area contributed by atoms with Crippen LogP contribution in [0.2, 0.25) is 0 Å². The summed E-state index contributed by atoms with van der Waals surface area (Å²) < 4.78 is 0. The molecule has 0 nitrogen and oxygen atoms in total. The van der Waals surface area contributed by atoms with Crippen molar-refractivity contribution in [2.75, 3.05) is 0 Å². The van der Waals surface area contributed by atoms with E-state index in [4.69, 9.17) is 0 Å². The maximum Gasteiger partial charge on any atom is -0.0414 e. The minimum absolute atomic E-state index is 0.957. The van der Waals surface area contributed by atoms with Gasteiger partial charge in [-0.1, -0.05) is 79.1 Å². The molecule has 0 radical (unpaired) electrons. The lowest BCUT2D eigenvalue weighted by Gasteiger charge is -2.19. The van der Waals surface area contributed by atoms with Gasteiger partial charge in [-0.2, -0.15) is 0 Å². The molecule has 0 aliphatic heterocycles. The van der Waals surface area contributed by atoms with Gasteiger partial charge in [0.2, 0.25) is 0 Å². The molecule has 0 saturated heterocycles. The molecule has 0 aliphatic rings. The van der Waals surface area contributed by atoms with E-state index in [-0.39, 0.29) is 0 Å². The summed E-state index contributed by atoms with van der Waals surface area (Å²) in [6, 6.07) is 0. The Bertz CT molecular complexity index is 117. The molecule has 0 heterocycles. The molecule has 92 valence electrons. The molecule has 0 aromatic rings. The Labute approximate surface area is 97.8 Å². The van der Waals surface area contributed by atoms with Gasteiger partial charge in [0.05, 0.1) is 0 Å². The van der Waals surface area contributed by atoms with Gasteiger partial charge in [0.25, 0.3) is 0 Å². The summed E-state index contributed by atoms with van der Waals surface area (Å²) in [7, 11) is 0. The van der Waals surface area contributed by atoms with Crippen molar-refractivity contribution < 1.29 is 0 Å². The van der Waals surface area contributed by atoms with Crippen molar-refractivity contribution in [3.05, 3.63) is 0 Å². The number of hydrogen-bond acceptors (Lipinski definition) is 0. The van der Waals surface area contributed by atoms with Crippen LogP contribution in [0, 0.1) is 11.8 Å². The number of unbranched alkanes of at least 4 members (excludes halogenated alkanes) is 3. The van der Waals surface area contributed by atoms with E-state index in [9.17, 15) is 0 Å². The number of hydrogen-bond donors (Lipinski definition) is 0. The molecule has 0 spiro atoms. The average Bonchev–Trinajstić information content (AvgIpc) is 2.24. The highest BCUT2D eigenvalue weighted by Crippen LogP contribution is 2.24. The predicted molar refractivity (Wildman–Crippen MR) is 71.2 cm³/mol. The highest BCUT2D eigenvalue weighted by Gasteiger charge is 2.10. The maximum atomic E-state index is 2.45. The molecular weight excluding hydrogens is 180 g/mol. The first-order valence-corrected chi connectivity index (χ1v) is 7.24. The Balaban J connectivity index is 3.55. The topological polar surface area (TPSA) is 0 Å². The molecule has 0 saturated carbocycles. The highest BCUT2D eigenvalue weighted by atomic mass is 14.2. The first-order valence-electron chi connectivity index (χ1n) is 7.24. The Kier molecular flexibility index (Phi) is 10.5. The second kappa shape index (κ2) is 10.5. The molecule has 0 heteroatoms. The van der Waals surface area contributed by atoms with Crippen LogP contribution in [0.3, 0.4) is 0 Å². The lowest BCUT2D eigenvalue weighted by molar-refractivity contribution is 0.333. The van der Waals surface area contributed by atoms with Gasteiger partial charge in [-0.15, -0.1) is 0 Å². The third kappa shape index (κ3) is 8.96. The molecule has 0 aromatic heterocycles. The molecule has 0 amide bonds. The Morgan fingerprint density at radius 2 is 1.47 bits per heavy atom. The van der Waals surface area contributed by atoms with E-state index in [0.29, 0.717) is 0 Å². The third-order valence-corrected chi connectivity index (χ3v) is 3.58. The van der Waals surface area contributed by atoms with E-state index < -0.39 is 0 Å². The van der Waals surface area contributed by atoms with Crippen molar-refractivity contribution in [1.82, 2.24) is 0 Å². The fourth-order valence-corrected chi connectivity index (χ4v) is 2.41. The van der Waals surface area contributed by atoms with Crippen LogP contribution in [-0.2, 0) is 0 Å². The Morgan fingerprint density at radius 3 is 2.00 bits per heavy atom. The number of rotatable bonds is 10. The summed E-state index contributed by atoms with van der Waals surface area (Å²) in [6.45, 7) is 9.40. The van der Waals surface area contributed by atoms with Crippen LogP contribution in [0.5, 0.6) is 0 Å². The van der Waals surface area contributed by atoms with E-state index in [0.717, 1.165) is 11.8 Å². The van der Waals surface area contributed by atoms with Crippen LogP contribution in [-0.4, -0.2) is 0 Å². The van der Waals surface area contributed by atoms with Gasteiger partial charge in [-0.3, -0.25) is 0 Å². The minimum atomic E-state index is 0.957. The lowest BCUT2D eigenvalue weighted by atomic mass is 9.87. The van der Waals surface area contributed by atoms with Gasteiger partial charge < -0.3 is 0 Å². The van der Waals surface area contributed by atoms with Crippen molar-refractivity contribution in [1.29, 1.82) is 0 Å². The summed E-state index contributed by atoms with van der Waals surface area (Å²) in [6.07, 6.45) is 12.8. The van der Waals surface area contributed by atoms with Crippen molar-refractivity contribution >= 4 is 0 Å². The minimum Gasteiger partial charge on any atom is -0.0654 e. The standard InChI is InChI=1S/C15H32/c1-5-8-10-11-14(4)13-15(7-3)12-9-6-2/h14-15H,5-13H2,1-4H3. The lowest BCUT2D eigenvalue weighted by Crippen LogP contribution is -2.06. The van der Waals surface area contributed by atoms with Gasteiger partial charge in [-0.05, 0) is 18.3 Å². The Hall–Kier alpha value is 0. The molecule has 2 unspecified atom stereocenters. The quantitative estimate of drug-likeness (QED) is 0.401. The molecule has 0 rings (SSSR count). The maximum absolute atomic E-state index is 2.45.